The van der Waals surface area contributed by atoms with Crippen LogP contribution in [0.15, 0.2) is 58.2 Å². The fourth-order valence-corrected chi connectivity index (χ4v) is 5.29. The number of benzene rings is 2. The van der Waals surface area contributed by atoms with Gasteiger partial charge in [0.15, 0.2) is 0 Å². The van der Waals surface area contributed by atoms with E-state index in [2.05, 4.69) is 0 Å². The Labute approximate surface area is 172 Å². The molecule has 2 heterocycles. The normalized spacial score (nSPS) is 15.4. The third kappa shape index (κ3) is 3.22. The van der Waals surface area contributed by atoms with Gasteiger partial charge in [0.05, 0.1) is 23.0 Å². The molecule has 1 aromatic heterocycles. The summed E-state index contributed by atoms with van der Waals surface area (Å²) in [6.07, 6.45) is -0.128. The minimum absolute atomic E-state index is 0.0194. The number of nitrogens with zero attached hydrogens (tertiary/aromatic N) is 3. The highest BCUT2D eigenvalue weighted by atomic mass is 32.2. The fourth-order valence-electron chi connectivity index (χ4n) is 3.90. The lowest BCUT2D eigenvalue weighted by molar-refractivity contribution is 0.125. The Morgan fingerprint density at radius 1 is 1.03 bits per heavy atom. The summed E-state index contributed by atoms with van der Waals surface area (Å²) in [7, 11) is -2.66. The van der Waals surface area contributed by atoms with Gasteiger partial charge in [-0.3, -0.25) is 4.57 Å². The minimum Gasteiger partial charge on any atom is -0.497 e. The number of methoxy groups -OCH3 is 1. The zero-order chi connectivity index (χ0) is 21.5. The van der Waals surface area contributed by atoms with Crippen molar-refractivity contribution in [2.75, 3.05) is 20.2 Å². The van der Waals surface area contributed by atoms with Crippen LogP contribution in [-0.4, -0.2) is 53.3 Å². The van der Waals surface area contributed by atoms with E-state index in [4.69, 9.17) is 9.84 Å². The maximum absolute atomic E-state index is 13.3. The predicted octanol–water partition coefficient (Wildman–Crippen LogP) is 2.36. The van der Waals surface area contributed by atoms with Crippen molar-refractivity contribution in [2.45, 2.75) is 23.8 Å². The van der Waals surface area contributed by atoms with E-state index in [1.165, 1.54) is 40.8 Å². The molecule has 0 aliphatic carbocycles. The van der Waals surface area contributed by atoms with Gasteiger partial charge in [0, 0.05) is 19.1 Å². The van der Waals surface area contributed by atoms with Crippen molar-refractivity contribution in [2.24, 2.45) is 0 Å². The average Bonchev–Trinajstić information content (AvgIpc) is 3.06. The van der Waals surface area contributed by atoms with Gasteiger partial charge in [0.1, 0.15) is 5.75 Å². The summed E-state index contributed by atoms with van der Waals surface area (Å²) < 4.78 is 34.0. The molecule has 1 aliphatic rings. The van der Waals surface area contributed by atoms with Crippen molar-refractivity contribution in [3.05, 3.63) is 59.0 Å². The Bertz CT molecular complexity index is 1250. The molecule has 4 rings (SSSR count). The van der Waals surface area contributed by atoms with Crippen molar-refractivity contribution < 1.29 is 23.1 Å². The van der Waals surface area contributed by atoms with Gasteiger partial charge in [-0.2, -0.15) is 3.97 Å². The first kappa shape index (κ1) is 20.0. The molecule has 30 heavy (non-hydrogen) atoms. The van der Waals surface area contributed by atoms with E-state index in [9.17, 15) is 18.0 Å². The van der Waals surface area contributed by atoms with Gasteiger partial charge in [-0.1, -0.05) is 12.1 Å². The first-order chi connectivity index (χ1) is 14.3. The lowest BCUT2D eigenvalue weighted by Gasteiger charge is -2.30. The van der Waals surface area contributed by atoms with E-state index in [-0.39, 0.29) is 24.0 Å². The summed E-state index contributed by atoms with van der Waals surface area (Å²) in [5.74, 6) is 0.508. The predicted molar refractivity (Wildman–Crippen MR) is 110 cm³/mol. The third-order valence-electron chi connectivity index (χ3n) is 5.44. The maximum atomic E-state index is 13.3. The number of amides is 1. The number of carbonyl (C=O) groups is 1. The molecule has 0 bridgehead atoms. The van der Waals surface area contributed by atoms with Gasteiger partial charge in [-0.05, 0) is 49.2 Å². The highest BCUT2D eigenvalue weighted by molar-refractivity contribution is 7.90. The molecular weight excluding hydrogens is 410 g/mol. The van der Waals surface area contributed by atoms with E-state index in [1.54, 1.807) is 24.3 Å². The minimum atomic E-state index is -4.14. The number of ether oxygens (including phenoxy) is 1. The summed E-state index contributed by atoms with van der Waals surface area (Å²) in [6, 6.07) is 12.3. The molecule has 0 radical (unpaired) electrons. The smallest absolute Gasteiger partial charge is 0.407 e. The first-order valence-corrected chi connectivity index (χ1v) is 10.9. The van der Waals surface area contributed by atoms with Crippen LogP contribution in [0.2, 0.25) is 0 Å². The van der Waals surface area contributed by atoms with Gasteiger partial charge in [0.2, 0.25) is 0 Å². The Balaban J connectivity index is 1.83. The molecule has 1 N–H and O–H groups in total. The Morgan fingerprint density at radius 3 is 2.20 bits per heavy atom. The van der Waals surface area contributed by atoms with E-state index in [0.29, 0.717) is 29.6 Å². The molecule has 9 nitrogen and oxygen atoms in total. The summed E-state index contributed by atoms with van der Waals surface area (Å²) in [5.41, 5.74) is 0.146. The summed E-state index contributed by atoms with van der Waals surface area (Å²) in [6.45, 7) is 0.578. The SMILES string of the molecule is COc1ccc(S(=O)(=O)n2c(=O)n(C3CCN(C(=O)O)CC3)c3ccccc32)cc1. The summed E-state index contributed by atoms with van der Waals surface area (Å²) in [4.78, 5) is 25.8. The second-order valence-electron chi connectivity index (χ2n) is 7.09. The van der Waals surface area contributed by atoms with Crippen LogP contribution in [0.3, 0.4) is 0 Å². The molecule has 2 aromatic carbocycles. The van der Waals surface area contributed by atoms with Crippen LogP contribution in [0.1, 0.15) is 18.9 Å². The van der Waals surface area contributed by atoms with Crippen LogP contribution in [0, 0.1) is 0 Å². The van der Waals surface area contributed by atoms with Gasteiger partial charge in [-0.15, -0.1) is 0 Å². The topological polar surface area (TPSA) is 111 Å². The number of hydrogen-bond acceptors (Lipinski definition) is 5. The summed E-state index contributed by atoms with van der Waals surface area (Å²) >= 11 is 0. The molecule has 158 valence electrons. The van der Waals surface area contributed by atoms with E-state index in [0.717, 1.165) is 3.97 Å². The van der Waals surface area contributed by atoms with Crippen LogP contribution >= 0.6 is 0 Å². The number of aromatic nitrogens is 2. The van der Waals surface area contributed by atoms with Crippen molar-refractivity contribution in [3.63, 3.8) is 0 Å². The molecule has 1 amide bonds. The number of imidazole rings is 1. The van der Waals surface area contributed by atoms with E-state index < -0.39 is 21.8 Å². The monoisotopic (exact) mass is 431 g/mol. The standard InChI is InChI=1S/C20H21N3O6S/c1-29-15-6-8-16(9-7-15)30(27,28)23-18-5-3-2-4-17(18)22(19(23)24)14-10-12-21(13-11-14)20(25)26/h2-9,14H,10-13H2,1H3,(H,25,26). The highest BCUT2D eigenvalue weighted by Crippen LogP contribution is 2.28. The van der Waals surface area contributed by atoms with Crippen LogP contribution in [-0.2, 0) is 10.0 Å². The lowest BCUT2D eigenvalue weighted by atomic mass is 10.1. The first-order valence-electron chi connectivity index (χ1n) is 9.44. The number of rotatable bonds is 4. The van der Waals surface area contributed by atoms with Gasteiger partial charge in [0.25, 0.3) is 10.0 Å². The van der Waals surface area contributed by atoms with Crippen molar-refractivity contribution >= 4 is 27.1 Å². The second kappa shape index (κ2) is 7.52. The van der Waals surface area contributed by atoms with Crippen LogP contribution < -0.4 is 10.4 Å². The lowest BCUT2D eigenvalue weighted by Crippen LogP contribution is -2.40. The van der Waals surface area contributed by atoms with E-state index in [1.807, 2.05) is 0 Å². The van der Waals surface area contributed by atoms with Gasteiger partial charge >= 0.3 is 11.8 Å². The number of piperidine rings is 1. The molecular formula is C20H21N3O6S. The number of fused-ring (bicyclic) bond motifs is 1. The third-order valence-corrected chi connectivity index (χ3v) is 7.14. The van der Waals surface area contributed by atoms with Gasteiger partial charge < -0.3 is 14.7 Å². The molecule has 3 aromatic rings. The van der Waals surface area contributed by atoms with Crippen molar-refractivity contribution in [1.29, 1.82) is 0 Å². The number of carboxylic acid groups (broad SMARTS) is 1. The quantitative estimate of drug-likeness (QED) is 0.679. The molecule has 10 heteroatoms. The Hall–Kier alpha value is -3.27. The molecule has 0 atom stereocenters. The second-order valence-corrected chi connectivity index (χ2v) is 8.87. The molecule has 1 saturated heterocycles. The largest absolute Gasteiger partial charge is 0.497 e. The fraction of sp³-hybridized carbons (Fsp3) is 0.300. The Morgan fingerprint density at radius 2 is 1.63 bits per heavy atom. The van der Waals surface area contributed by atoms with Crippen molar-refractivity contribution in [1.82, 2.24) is 13.4 Å². The zero-order valence-electron chi connectivity index (χ0n) is 16.3. The van der Waals surface area contributed by atoms with E-state index >= 15 is 0 Å². The average molecular weight is 431 g/mol. The molecule has 0 unspecified atom stereocenters. The molecule has 1 fully saturated rings. The van der Waals surface area contributed by atoms with Crippen LogP contribution in [0.5, 0.6) is 5.75 Å². The summed E-state index contributed by atoms with van der Waals surface area (Å²) in [5, 5.41) is 9.16. The van der Waals surface area contributed by atoms with Crippen LogP contribution in [0.4, 0.5) is 4.79 Å². The molecule has 0 spiro atoms. The zero-order valence-corrected chi connectivity index (χ0v) is 17.1. The number of likely N-dealkylation sites (tertiary alicyclic amines) is 1. The number of hydrogen-bond donors (Lipinski definition) is 1. The van der Waals surface area contributed by atoms with Crippen LogP contribution in [0.25, 0.3) is 11.0 Å². The highest BCUT2D eigenvalue weighted by Gasteiger charge is 2.30. The molecule has 1 aliphatic heterocycles. The maximum Gasteiger partial charge on any atom is 0.407 e. The number of para-hydroxylation sites is 2. The van der Waals surface area contributed by atoms with Crippen molar-refractivity contribution in [3.8, 4) is 5.75 Å². The van der Waals surface area contributed by atoms with Gasteiger partial charge in [-0.25, -0.2) is 18.0 Å². The molecule has 0 saturated carbocycles. The Kier molecular flexibility index (Phi) is 5.02.